The van der Waals surface area contributed by atoms with Gasteiger partial charge in [0.2, 0.25) is 0 Å². The summed E-state index contributed by atoms with van der Waals surface area (Å²) in [5.74, 6) is 0.305. The molecule has 9 nitrogen and oxygen atoms in total. The monoisotopic (exact) mass is 635 g/mol. The molecular formula is C28H31Cl2N5O4S2. The number of thiazole rings is 1. The Hall–Kier alpha value is -3.09. The molecule has 1 aliphatic heterocycles. The number of nitrogens with zero attached hydrogens (tertiary/aromatic N) is 3. The number of halogens is 2. The average Bonchev–Trinajstić information content (AvgIpc) is 3.42. The van der Waals surface area contributed by atoms with Gasteiger partial charge in [0, 0.05) is 50.5 Å². The van der Waals surface area contributed by atoms with Gasteiger partial charge in [0.1, 0.15) is 5.75 Å². The maximum Gasteiger partial charge on any atom is 0.261 e. The summed E-state index contributed by atoms with van der Waals surface area (Å²) in [5.41, 5.74) is 2.78. The Bertz CT molecular complexity index is 1580. The highest BCUT2D eigenvalue weighted by molar-refractivity contribution is 7.92. The zero-order chi connectivity index (χ0) is 28.3. The predicted octanol–water partition coefficient (Wildman–Crippen LogP) is 5.04. The molecule has 1 fully saturated rings. The minimum Gasteiger partial charge on any atom is -0.497 e. The number of methoxy groups -OCH3 is 1. The number of fused-ring (bicyclic) bond motifs is 1. The lowest BCUT2D eigenvalue weighted by molar-refractivity contribution is 0.0948. The van der Waals surface area contributed by atoms with Crippen LogP contribution in [-0.2, 0) is 10.0 Å². The third kappa shape index (κ3) is 7.22. The first-order valence-corrected chi connectivity index (χ1v) is 15.5. The lowest BCUT2D eigenvalue weighted by Crippen LogP contribution is -2.48. The highest BCUT2D eigenvalue weighted by Gasteiger charge is 2.21. The van der Waals surface area contributed by atoms with Crippen molar-refractivity contribution >= 4 is 72.3 Å². The van der Waals surface area contributed by atoms with E-state index in [-0.39, 0.29) is 23.2 Å². The summed E-state index contributed by atoms with van der Waals surface area (Å²) in [4.78, 5) is 22.3. The van der Waals surface area contributed by atoms with Gasteiger partial charge >= 0.3 is 0 Å². The van der Waals surface area contributed by atoms with E-state index in [1.807, 2.05) is 19.1 Å². The Labute approximate surface area is 254 Å². The first-order chi connectivity index (χ1) is 19.2. The van der Waals surface area contributed by atoms with Gasteiger partial charge in [-0.25, -0.2) is 13.4 Å². The maximum atomic E-state index is 12.8. The molecule has 0 aliphatic carbocycles. The fraction of sp³-hybridized carbons (Fsp3) is 0.286. The largest absolute Gasteiger partial charge is 0.497 e. The topological polar surface area (TPSA) is 104 Å². The van der Waals surface area contributed by atoms with Gasteiger partial charge in [-0.2, -0.15) is 0 Å². The van der Waals surface area contributed by atoms with Crippen LogP contribution in [0.2, 0.25) is 5.02 Å². The molecule has 0 spiro atoms. The van der Waals surface area contributed by atoms with Crippen molar-refractivity contribution in [3.8, 4) is 5.75 Å². The fourth-order valence-corrected chi connectivity index (χ4v) is 6.93. The number of nitrogens with one attached hydrogen (secondary N) is 2. The smallest absolute Gasteiger partial charge is 0.261 e. The van der Waals surface area contributed by atoms with E-state index in [9.17, 15) is 13.2 Å². The highest BCUT2D eigenvalue weighted by Crippen LogP contribution is 2.35. The zero-order valence-corrected chi connectivity index (χ0v) is 25.8. The SMILES string of the molecule is COc1ccc(S(=O)(=O)Nc2cccc(C(=O)NCCN3CCN(c4nc5c(C)ccc(Cl)c5s4)CC3)c2)cc1.Cl. The Morgan fingerprint density at radius 1 is 1.07 bits per heavy atom. The van der Waals surface area contributed by atoms with Crippen LogP contribution in [0.5, 0.6) is 5.75 Å². The van der Waals surface area contributed by atoms with Crippen LogP contribution in [0.4, 0.5) is 10.8 Å². The molecule has 0 atom stereocenters. The number of ether oxygens (including phenoxy) is 1. The van der Waals surface area contributed by atoms with Crippen LogP contribution in [0.3, 0.4) is 0 Å². The van der Waals surface area contributed by atoms with Gasteiger partial charge in [-0.05, 0) is 61.0 Å². The molecule has 1 aromatic heterocycles. The van der Waals surface area contributed by atoms with Gasteiger partial charge in [-0.3, -0.25) is 14.4 Å². The third-order valence-corrected chi connectivity index (χ3v) is 9.76. The predicted molar refractivity (Wildman–Crippen MR) is 168 cm³/mol. The first-order valence-electron chi connectivity index (χ1n) is 12.8. The normalized spacial score (nSPS) is 14.0. The molecule has 1 aliphatic rings. The number of carbonyl (C=O) groups is 1. The van der Waals surface area contributed by atoms with Crippen molar-refractivity contribution in [2.45, 2.75) is 11.8 Å². The van der Waals surface area contributed by atoms with Crippen molar-refractivity contribution in [1.29, 1.82) is 0 Å². The quantitative estimate of drug-likeness (QED) is 0.265. The minimum atomic E-state index is -3.81. The lowest BCUT2D eigenvalue weighted by atomic mass is 10.2. The molecule has 1 amide bonds. The van der Waals surface area contributed by atoms with Crippen molar-refractivity contribution in [1.82, 2.24) is 15.2 Å². The number of hydrogen-bond donors (Lipinski definition) is 2. The van der Waals surface area contributed by atoms with Crippen LogP contribution < -0.4 is 19.7 Å². The molecule has 0 radical (unpaired) electrons. The second-order valence-corrected chi connectivity index (χ2v) is 12.6. The summed E-state index contributed by atoms with van der Waals surface area (Å²) < 4.78 is 34.1. The molecule has 5 rings (SSSR count). The number of piperazine rings is 1. The van der Waals surface area contributed by atoms with Gasteiger partial charge in [0.15, 0.2) is 5.13 Å². The molecule has 0 unspecified atom stereocenters. The molecule has 0 bridgehead atoms. The molecule has 2 N–H and O–H groups in total. The molecule has 4 aromatic rings. The Morgan fingerprint density at radius 3 is 2.49 bits per heavy atom. The number of aromatic nitrogens is 1. The summed E-state index contributed by atoms with van der Waals surface area (Å²) >= 11 is 8.01. The van der Waals surface area contributed by atoms with Crippen molar-refractivity contribution in [2.24, 2.45) is 0 Å². The van der Waals surface area contributed by atoms with Crippen LogP contribution in [0, 0.1) is 6.92 Å². The van der Waals surface area contributed by atoms with E-state index < -0.39 is 10.0 Å². The van der Waals surface area contributed by atoms with Crippen LogP contribution in [0.25, 0.3) is 10.2 Å². The first kappa shape index (κ1) is 30.9. The number of anilines is 2. The number of carbonyl (C=O) groups excluding carboxylic acids is 1. The minimum absolute atomic E-state index is 0. The Balaban J connectivity index is 0.00000387. The maximum absolute atomic E-state index is 12.8. The number of rotatable bonds is 9. The summed E-state index contributed by atoms with van der Waals surface area (Å²) in [6.07, 6.45) is 0. The summed E-state index contributed by atoms with van der Waals surface area (Å²) in [7, 11) is -2.29. The van der Waals surface area contributed by atoms with Gasteiger partial charge in [0.25, 0.3) is 15.9 Å². The molecule has 1 saturated heterocycles. The van der Waals surface area contributed by atoms with Gasteiger partial charge < -0.3 is 15.0 Å². The van der Waals surface area contributed by atoms with Gasteiger partial charge in [0.05, 0.1) is 27.2 Å². The molecule has 41 heavy (non-hydrogen) atoms. The van der Waals surface area contributed by atoms with Crippen LogP contribution in [0.15, 0.2) is 65.6 Å². The molecule has 218 valence electrons. The van der Waals surface area contributed by atoms with Gasteiger partial charge in [-0.15, -0.1) is 12.4 Å². The number of sulfonamides is 1. The van der Waals surface area contributed by atoms with Crippen LogP contribution >= 0.6 is 35.3 Å². The second-order valence-electron chi connectivity index (χ2n) is 9.48. The molecule has 13 heteroatoms. The number of hydrogen-bond acceptors (Lipinski definition) is 8. The zero-order valence-electron chi connectivity index (χ0n) is 22.6. The summed E-state index contributed by atoms with van der Waals surface area (Å²) in [6, 6.07) is 16.5. The van der Waals surface area contributed by atoms with Crippen molar-refractivity contribution in [3.63, 3.8) is 0 Å². The van der Waals surface area contributed by atoms with Crippen molar-refractivity contribution < 1.29 is 17.9 Å². The number of amides is 1. The lowest BCUT2D eigenvalue weighted by Gasteiger charge is -2.34. The van der Waals surface area contributed by atoms with E-state index in [0.29, 0.717) is 30.1 Å². The number of benzene rings is 3. The van der Waals surface area contributed by atoms with Crippen molar-refractivity contribution in [3.05, 3.63) is 76.8 Å². The molecule has 2 heterocycles. The standard InChI is InChI=1S/C28H30ClN5O4S2.ClH/c1-19-6-11-24(29)26-25(19)31-28(39-26)34-16-14-33(15-17-34)13-12-30-27(35)20-4-3-5-21(18-20)32-40(36,37)23-9-7-22(38-2)8-10-23;/h3-11,18,32H,12-17H2,1-2H3,(H,30,35);1H. The highest BCUT2D eigenvalue weighted by atomic mass is 35.5. The molecular weight excluding hydrogens is 605 g/mol. The summed E-state index contributed by atoms with van der Waals surface area (Å²) in [5, 5.41) is 4.67. The van der Waals surface area contributed by atoms with E-state index in [0.717, 1.165) is 52.1 Å². The Kier molecular flexibility index (Phi) is 9.98. The van der Waals surface area contributed by atoms with E-state index in [1.54, 1.807) is 41.7 Å². The fourth-order valence-electron chi connectivity index (χ4n) is 4.51. The van der Waals surface area contributed by atoms with Gasteiger partial charge in [-0.1, -0.05) is 35.1 Å². The van der Waals surface area contributed by atoms with E-state index in [1.165, 1.54) is 25.3 Å². The second kappa shape index (κ2) is 13.3. The number of aryl methyl sites for hydroxylation is 1. The van der Waals surface area contributed by atoms with E-state index in [4.69, 9.17) is 21.3 Å². The van der Waals surface area contributed by atoms with E-state index >= 15 is 0 Å². The van der Waals surface area contributed by atoms with Crippen LogP contribution in [-0.4, -0.2) is 70.6 Å². The molecule has 0 saturated carbocycles. The molecule has 3 aromatic carbocycles. The average molecular weight is 637 g/mol. The third-order valence-electron chi connectivity index (χ3n) is 6.79. The van der Waals surface area contributed by atoms with Crippen LogP contribution in [0.1, 0.15) is 15.9 Å². The van der Waals surface area contributed by atoms with Crippen molar-refractivity contribution in [2.75, 3.05) is 56.0 Å². The summed E-state index contributed by atoms with van der Waals surface area (Å²) in [6.45, 7) is 6.67. The Morgan fingerprint density at radius 2 is 1.80 bits per heavy atom. The van der Waals surface area contributed by atoms with E-state index in [2.05, 4.69) is 19.8 Å².